The minimum absolute atomic E-state index is 0.216. The summed E-state index contributed by atoms with van der Waals surface area (Å²) in [5.41, 5.74) is 16.3. The fourth-order valence-corrected chi connectivity index (χ4v) is 3.42. The van der Waals surface area contributed by atoms with Crippen molar-refractivity contribution in [3.63, 3.8) is 0 Å². The fraction of sp³-hybridized carbons (Fsp3) is 0.261. The third-order valence-corrected chi connectivity index (χ3v) is 5.08. The predicted molar refractivity (Wildman–Crippen MR) is 125 cm³/mol. The standard InChI is InChI=1S/C23H26N8O2/c1-2-7-31(33-14-19-5-6-28-30-19)23(32)17-8-16-4-3-15(9-20(16)29-21(25)10-17)18-12-26-22(11-24)27-13-18/h3-6,8-9,12-13H,2,7,10-11,14,24H2,1H3,(H2,25,29)(H,28,30). The number of nitrogens with one attached hydrogen (secondary N) is 1. The summed E-state index contributed by atoms with van der Waals surface area (Å²) >= 11 is 0. The summed E-state index contributed by atoms with van der Waals surface area (Å²) in [4.78, 5) is 32.1. The number of fused-ring (bicyclic) bond motifs is 1. The number of hydrogen-bond acceptors (Lipinski definition) is 8. The molecular formula is C23H26N8O2. The number of carbonyl (C=O) groups excluding carboxylic acids is 1. The third-order valence-electron chi connectivity index (χ3n) is 5.08. The summed E-state index contributed by atoms with van der Waals surface area (Å²) in [6, 6.07) is 7.55. The quantitative estimate of drug-likeness (QED) is 0.450. The van der Waals surface area contributed by atoms with Crippen LogP contribution in [0.25, 0.3) is 17.2 Å². The molecule has 2 aromatic heterocycles. The first kappa shape index (κ1) is 22.3. The van der Waals surface area contributed by atoms with Crippen LogP contribution in [0.3, 0.4) is 0 Å². The van der Waals surface area contributed by atoms with Crippen molar-refractivity contribution >= 4 is 23.5 Å². The first-order valence-electron chi connectivity index (χ1n) is 10.7. The van der Waals surface area contributed by atoms with Crippen LogP contribution in [-0.4, -0.2) is 43.5 Å². The van der Waals surface area contributed by atoms with E-state index in [1.54, 1.807) is 24.7 Å². The molecule has 5 N–H and O–H groups in total. The van der Waals surface area contributed by atoms with Gasteiger partial charge in [0.1, 0.15) is 18.3 Å². The number of hydroxylamine groups is 2. The minimum Gasteiger partial charge on any atom is -0.387 e. The molecule has 10 nitrogen and oxygen atoms in total. The average molecular weight is 447 g/mol. The van der Waals surface area contributed by atoms with Crippen molar-refractivity contribution in [3.05, 3.63) is 65.5 Å². The highest BCUT2D eigenvalue weighted by Crippen LogP contribution is 2.31. The summed E-state index contributed by atoms with van der Waals surface area (Å²) in [6.07, 6.45) is 7.89. The lowest BCUT2D eigenvalue weighted by Crippen LogP contribution is -2.34. The van der Waals surface area contributed by atoms with Gasteiger partial charge in [-0.1, -0.05) is 19.1 Å². The van der Waals surface area contributed by atoms with Gasteiger partial charge in [0.25, 0.3) is 5.91 Å². The normalized spacial score (nSPS) is 13.0. The number of nitrogens with two attached hydrogens (primary N) is 2. The van der Waals surface area contributed by atoms with Crippen LogP contribution in [-0.2, 0) is 22.8 Å². The Hall–Kier alpha value is -3.89. The number of aromatic amines is 1. The summed E-state index contributed by atoms with van der Waals surface area (Å²) < 4.78 is 0. The largest absolute Gasteiger partial charge is 0.387 e. The lowest BCUT2D eigenvalue weighted by Gasteiger charge is -2.22. The van der Waals surface area contributed by atoms with E-state index in [2.05, 4.69) is 25.2 Å². The van der Waals surface area contributed by atoms with Gasteiger partial charge in [0.15, 0.2) is 0 Å². The lowest BCUT2D eigenvalue weighted by molar-refractivity contribution is -0.187. The number of rotatable bonds is 8. The van der Waals surface area contributed by atoms with Crippen molar-refractivity contribution < 1.29 is 9.63 Å². The van der Waals surface area contributed by atoms with E-state index in [1.165, 1.54) is 5.06 Å². The predicted octanol–water partition coefficient (Wildman–Crippen LogP) is 2.47. The summed E-state index contributed by atoms with van der Waals surface area (Å²) in [6.45, 7) is 2.94. The molecule has 1 aliphatic heterocycles. The van der Waals surface area contributed by atoms with Gasteiger partial charge in [-0.25, -0.2) is 20.0 Å². The van der Waals surface area contributed by atoms with E-state index in [0.717, 1.165) is 28.8 Å². The average Bonchev–Trinajstić information content (AvgIpc) is 3.29. The van der Waals surface area contributed by atoms with Crippen LogP contribution in [0, 0.1) is 0 Å². The van der Waals surface area contributed by atoms with E-state index >= 15 is 0 Å². The van der Waals surface area contributed by atoms with Crippen LogP contribution in [0.1, 0.15) is 36.8 Å². The molecule has 0 radical (unpaired) electrons. The van der Waals surface area contributed by atoms with Crippen molar-refractivity contribution in [2.45, 2.75) is 32.9 Å². The zero-order chi connectivity index (χ0) is 23.2. The van der Waals surface area contributed by atoms with Crippen molar-refractivity contribution in [2.24, 2.45) is 16.5 Å². The number of amidine groups is 1. The zero-order valence-electron chi connectivity index (χ0n) is 18.4. The number of amides is 1. The number of aromatic nitrogens is 4. The van der Waals surface area contributed by atoms with Gasteiger partial charge in [0.05, 0.1) is 17.9 Å². The first-order valence-corrected chi connectivity index (χ1v) is 10.7. The van der Waals surface area contributed by atoms with Crippen molar-refractivity contribution in [2.75, 3.05) is 6.54 Å². The molecule has 0 saturated carbocycles. The first-order chi connectivity index (χ1) is 16.1. The molecule has 0 bridgehead atoms. The minimum atomic E-state index is -0.239. The Morgan fingerprint density at radius 3 is 2.73 bits per heavy atom. The third kappa shape index (κ3) is 5.30. The van der Waals surface area contributed by atoms with E-state index in [1.807, 2.05) is 31.2 Å². The number of H-pyrrole nitrogens is 1. The SMILES string of the molecule is CCCN(OCc1ccn[nH]1)C(=O)C1=Cc2ccc(-c3cnc(CN)nc3)cc2N=C(N)C1. The molecule has 1 aromatic carbocycles. The molecule has 0 aliphatic carbocycles. The Labute approximate surface area is 191 Å². The molecule has 1 aliphatic rings. The smallest absolute Gasteiger partial charge is 0.273 e. The number of carbonyl (C=O) groups is 1. The van der Waals surface area contributed by atoms with E-state index in [9.17, 15) is 4.79 Å². The molecule has 10 heteroatoms. The second kappa shape index (κ2) is 10.2. The second-order valence-electron chi connectivity index (χ2n) is 7.58. The highest BCUT2D eigenvalue weighted by Gasteiger charge is 2.22. The van der Waals surface area contributed by atoms with E-state index < -0.39 is 0 Å². The Kier molecular flexibility index (Phi) is 6.86. The van der Waals surface area contributed by atoms with Crippen molar-refractivity contribution in [1.29, 1.82) is 0 Å². The van der Waals surface area contributed by atoms with Gasteiger partial charge in [0.2, 0.25) is 0 Å². The highest BCUT2D eigenvalue weighted by molar-refractivity contribution is 6.05. The molecule has 0 fully saturated rings. The van der Waals surface area contributed by atoms with E-state index in [0.29, 0.717) is 29.5 Å². The number of nitrogens with zero attached hydrogens (tertiary/aromatic N) is 5. The summed E-state index contributed by atoms with van der Waals surface area (Å²) in [5, 5.41) is 8.10. The Morgan fingerprint density at radius 2 is 2.03 bits per heavy atom. The van der Waals surface area contributed by atoms with Gasteiger partial charge >= 0.3 is 0 Å². The number of aliphatic imine (C=N–C) groups is 1. The number of benzene rings is 1. The van der Waals surface area contributed by atoms with Gasteiger partial charge in [-0.05, 0) is 30.2 Å². The van der Waals surface area contributed by atoms with Crippen LogP contribution in [0.15, 0.2) is 53.4 Å². The van der Waals surface area contributed by atoms with Gasteiger partial charge in [-0.15, -0.1) is 0 Å². The monoisotopic (exact) mass is 446 g/mol. The maximum Gasteiger partial charge on any atom is 0.273 e. The second-order valence-corrected chi connectivity index (χ2v) is 7.58. The number of hydrogen-bond donors (Lipinski definition) is 3. The van der Waals surface area contributed by atoms with Gasteiger partial charge in [-0.2, -0.15) is 5.10 Å². The summed E-state index contributed by atoms with van der Waals surface area (Å²) in [7, 11) is 0. The van der Waals surface area contributed by atoms with Crippen LogP contribution < -0.4 is 11.5 Å². The Balaban J connectivity index is 1.59. The lowest BCUT2D eigenvalue weighted by atomic mass is 10.0. The summed E-state index contributed by atoms with van der Waals surface area (Å²) in [5.74, 6) is 0.690. The molecule has 170 valence electrons. The van der Waals surface area contributed by atoms with Crippen LogP contribution in [0.2, 0.25) is 0 Å². The maximum absolute atomic E-state index is 13.3. The molecule has 0 atom stereocenters. The molecular weight excluding hydrogens is 420 g/mol. The zero-order valence-corrected chi connectivity index (χ0v) is 18.4. The molecule has 1 amide bonds. The molecule has 33 heavy (non-hydrogen) atoms. The topological polar surface area (TPSA) is 148 Å². The molecule has 0 unspecified atom stereocenters. The molecule has 0 spiro atoms. The van der Waals surface area contributed by atoms with E-state index in [-0.39, 0.29) is 25.5 Å². The molecule has 3 heterocycles. The van der Waals surface area contributed by atoms with Gasteiger partial charge in [-0.3, -0.25) is 14.7 Å². The van der Waals surface area contributed by atoms with Crippen LogP contribution in [0.4, 0.5) is 5.69 Å². The fourth-order valence-electron chi connectivity index (χ4n) is 3.42. The van der Waals surface area contributed by atoms with E-state index in [4.69, 9.17) is 16.3 Å². The molecule has 4 rings (SSSR count). The van der Waals surface area contributed by atoms with Crippen LogP contribution in [0.5, 0.6) is 0 Å². The van der Waals surface area contributed by atoms with Crippen molar-refractivity contribution in [3.8, 4) is 11.1 Å². The Morgan fingerprint density at radius 1 is 1.21 bits per heavy atom. The molecule has 3 aromatic rings. The van der Waals surface area contributed by atoms with Crippen molar-refractivity contribution in [1.82, 2.24) is 25.2 Å². The highest BCUT2D eigenvalue weighted by atomic mass is 16.7. The molecule has 0 saturated heterocycles. The maximum atomic E-state index is 13.3. The van der Waals surface area contributed by atoms with Gasteiger partial charge in [0, 0.05) is 48.3 Å². The van der Waals surface area contributed by atoms with Gasteiger partial charge < -0.3 is 11.5 Å². The Bertz CT molecular complexity index is 1170. The van der Waals surface area contributed by atoms with Crippen LogP contribution >= 0.6 is 0 Å².